The van der Waals surface area contributed by atoms with Gasteiger partial charge in [0.1, 0.15) is 0 Å². The van der Waals surface area contributed by atoms with E-state index >= 15 is 0 Å². The van der Waals surface area contributed by atoms with E-state index in [1.54, 1.807) is 11.8 Å². The standard InChI is InChI=1S/C10H14N2O2S/c1-7-8(3-2-4-9(13)14)12-5-6-15-10(12)11-7/h2-6H2,1H3,(H,13,14). The summed E-state index contributed by atoms with van der Waals surface area (Å²) in [4.78, 5) is 14.9. The van der Waals surface area contributed by atoms with Crippen LogP contribution in [0.1, 0.15) is 24.2 Å². The van der Waals surface area contributed by atoms with Crippen molar-refractivity contribution in [1.82, 2.24) is 9.55 Å². The monoisotopic (exact) mass is 226 g/mol. The van der Waals surface area contributed by atoms with Crippen LogP contribution in [0.4, 0.5) is 0 Å². The molecule has 4 nitrogen and oxygen atoms in total. The van der Waals surface area contributed by atoms with E-state index in [1.165, 1.54) is 5.69 Å². The number of carbonyl (C=O) groups is 1. The van der Waals surface area contributed by atoms with Crippen LogP contribution in [-0.2, 0) is 17.8 Å². The third kappa shape index (κ3) is 2.17. The van der Waals surface area contributed by atoms with Crippen molar-refractivity contribution in [2.24, 2.45) is 0 Å². The van der Waals surface area contributed by atoms with Crippen LogP contribution >= 0.6 is 11.8 Å². The molecule has 0 aromatic carbocycles. The molecule has 2 heterocycles. The van der Waals surface area contributed by atoms with Gasteiger partial charge in [-0.25, -0.2) is 4.98 Å². The van der Waals surface area contributed by atoms with Crippen molar-refractivity contribution in [3.63, 3.8) is 0 Å². The lowest BCUT2D eigenvalue weighted by Crippen LogP contribution is -2.03. The molecule has 15 heavy (non-hydrogen) atoms. The maximum atomic E-state index is 10.4. The SMILES string of the molecule is Cc1nc2n(c1CCCC(=O)O)CCS2. The molecule has 2 rings (SSSR count). The molecule has 1 aliphatic heterocycles. The molecule has 0 unspecified atom stereocenters. The lowest BCUT2D eigenvalue weighted by atomic mass is 10.1. The number of rotatable bonds is 4. The van der Waals surface area contributed by atoms with Gasteiger partial charge in [0.15, 0.2) is 5.16 Å². The highest BCUT2D eigenvalue weighted by Gasteiger charge is 2.19. The van der Waals surface area contributed by atoms with Crippen molar-refractivity contribution in [2.75, 3.05) is 5.75 Å². The topological polar surface area (TPSA) is 55.1 Å². The van der Waals surface area contributed by atoms with Crippen LogP contribution in [0.25, 0.3) is 0 Å². The molecule has 5 heteroatoms. The van der Waals surface area contributed by atoms with E-state index in [-0.39, 0.29) is 6.42 Å². The fraction of sp³-hybridized carbons (Fsp3) is 0.600. The number of hydrogen-bond acceptors (Lipinski definition) is 3. The van der Waals surface area contributed by atoms with Crippen molar-refractivity contribution in [1.29, 1.82) is 0 Å². The summed E-state index contributed by atoms with van der Waals surface area (Å²) in [5.74, 6) is 0.373. The average molecular weight is 226 g/mol. The summed E-state index contributed by atoms with van der Waals surface area (Å²) in [5, 5.41) is 9.67. The van der Waals surface area contributed by atoms with E-state index < -0.39 is 5.97 Å². The van der Waals surface area contributed by atoms with Gasteiger partial charge in [-0.2, -0.15) is 0 Å². The number of nitrogens with zero attached hydrogens (tertiary/aromatic N) is 2. The number of carboxylic acids is 1. The molecule has 0 spiro atoms. The molecule has 0 atom stereocenters. The van der Waals surface area contributed by atoms with E-state index in [2.05, 4.69) is 9.55 Å². The van der Waals surface area contributed by atoms with Gasteiger partial charge in [-0.15, -0.1) is 0 Å². The van der Waals surface area contributed by atoms with E-state index in [4.69, 9.17) is 5.11 Å². The Morgan fingerprint density at radius 1 is 1.67 bits per heavy atom. The molecule has 0 amide bonds. The second-order valence-electron chi connectivity index (χ2n) is 3.67. The van der Waals surface area contributed by atoms with Gasteiger partial charge in [0.25, 0.3) is 0 Å². The third-order valence-electron chi connectivity index (χ3n) is 2.59. The van der Waals surface area contributed by atoms with Crippen LogP contribution < -0.4 is 0 Å². The largest absolute Gasteiger partial charge is 0.481 e. The Morgan fingerprint density at radius 2 is 2.47 bits per heavy atom. The summed E-state index contributed by atoms with van der Waals surface area (Å²) in [7, 11) is 0. The number of imidazole rings is 1. The van der Waals surface area contributed by atoms with Crippen LogP contribution in [0.15, 0.2) is 5.16 Å². The smallest absolute Gasteiger partial charge is 0.303 e. The Labute approximate surface area is 92.7 Å². The number of aliphatic carboxylic acids is 1. The predicted molar refractivity (Wildman–Crippen MR) is 58.3 cm³/mol. The first-order valence-corrected chi connectivity index (χ1v) is 6.07. The second kappa shape index (κ2) is 4.26. The molecule has 0 saturated heterocycles. The second-order valence-corrected chi connectivity index (χ2v) is 4.74. The molecule has 1 N–H and O–H groups in total. The minimum absolute atomic E-state index is 0.243. The number of fused-ring (bicyclic) bond motifs is 1. The molecule has 1 aliphatic rings. The number of carboxylic acid groups (broad SMARTS) is 1. The summed E-state index contributed by atoms with van der Waals surface area (Å²) in [6.07, 6.45) is 1.77. The van der Waals surface area contributed by atoms with Crippen LogP contribution in [0.3, 0.4) is 0 Å². The van der Waals surface area contributed by atoms with E-state index in [1.807, 2.05) is 6.92 Å². The first-order valence-electron chi connectivity index (χ1n) is 5.09. The van der Waals surface area contributed by atoms with E-state index in [0.717, 1.165) is 29.6 Å². The summed E-state index contributed by atoms with van der Waals surface area (Å²) in [6.45, 7) is 3.02. The Hall–Kier alpha value is -0.970. The van der Waals surface area contributed by atoms with Crippen LogP contribution in [-0.4, -0.2) is 26.4 Å². The highest BCUT2D eigenvalue weighted by atomic mass is 32.2. The Kier molecular flexibility index (Phi) is 3.00. The highest BCUT2D eigenvalue weighted by Crippen LogP contribution is 2.28. The molecule has 0 radical (unpaired) electrons. The van der Waals surface area contributed by atoms with Gasteiger partial charge in [-0.05, 0) is 19.8 Å². The van der Waals surface area contributed by atoms with Gasteiger partial charge < -0.3 is 9.67 Å². The summed E-state index contributed by atoms with van der Waals surface area (Å²) < 4.78 is 2.22. The zero-order valence-electron chi connectivity index (χ0n) is 8.69. The van der Waals surface area contributed by atoms with Gasteiger partial charge in [-0.1, -0.05) is 11.8 Å². The van der Waals surface area contributed by atoms with Crippen LogP contribution in [0, 0.1) is 6.92 Å². The summed E-state index contributed by atoms with van der Waals surface area (Å²) in [5.41, 5.74) is 2.28. The average Bonchev–Trinajstić information content (AvgIpc) is 2.68. The summed E-state index contributed by atoms with van der Waals surface area (Å²) in [6, 6.07) is 0. The minimum atomic E-state index is -0.719. The normalized spacial score (nSPS) is 14.2. The van der Waals surface area contributed by atoms with Crippen molar-refractivity contribution >= 4 is 17.7 Å². The quantitative estimate of drug-likeness (QED) is 0.849. The zero-order valence-corrected chi connectivity index (χ0v) is 9.51. The fourth-order valence-corrected chi connectivity index (χ4v) is 2.89. The van der Waals surface area contributed by atoms with Crippen molar-refractivity contribution < 1.29 is 9.90 Å². The van der Waals surface area contributed by atoms with Crippen molar-refractivity contribution in [3.8, 4) is 0 Å². The maximum absolute atomic E-state index is 10.4. The Morgan fingerprint density at radius 3 is 3.20 bits per heavy atom. The first kappa shape index (κ1) is 10.5. The Balaban J connectivity index is 2.04. The zero-order chi connectivity index (χ0) is 10.8. The number of aryl methyl sites for hydroxylation is 1. The molecule has 1 aromatic heterocycles. The molecule has 0 fully saturated rings. The van der Waals surface area contributed by atoms with Gasteiger partial charge in [0.05, 0.1) is 5.69 Å². The maximum Gasteiger partial charge on any atom is 0.303 e. The Bertz CT molecular complexity index is 387. The summed E-state index contributed by atoms with van der Waals surface area (Å²) >= 11 is 1.78. The minimum Gasteiger partial charge on any atom is -0.481 e. The molecule has 0 aliphatic carbocycles. The predicted octanol–water partition coefficient (Wildman–Crippen LogP) is 1.70. The van der Waals surface area contributed by atoms with Crippen molar-refractivity contribution in [3.05, 3.63) is 11.4 Å². The molecule has 82 valence electrons. The van der Waals surface area contributed by atoms with Gasteiger partial charge in [0, 0.05) is 24.4 Å². The fourth-order valence-electron chi connectivity index (χ4n) is 1.87. The number of hydrogen-bond donors (Lipinski definition) is 1. The molecule has 0 saturated carbocycles. The molecular formula is C10H14N2O2S. The van der Waals surface area contributed by atoms with Gasteiger partial charge in [-0.3, -0.25) is 4.79 Å². The molecule has 0 bridgehead atoms. The first-order chi connectivity index (χ1) is 7.18. The molecular weight excluding hydrogens is 212 g/mol. The molecule has 1 aromatic rings. The number of aromatic nitrogens is 2. The lowest BCUT2D eigenvalue weighted by Gasteiger charge is -2.04. The van der Waals surface area contributed by atoms with Crippen molar-refractivity contribution in [2.45, 2.75) is 37.9 Å². The highest BCUT2D eigenvalue weighted by molar-refractivity contribution is 7.99. The van der Waals surface area contributed by atoms with E-state index in [9.17, 15) is 4.79 Å². The van der Waals surface area contributed by atoms with E-state index in [0.29, 0.717) is 6.42 Å². The van der Waals surface area contributed by atoms with Gasteiger partial charge in [0.2, 0.25) is 0 Å². The number of thioether (sulfide) groups is 1. The van der Waals surface area contributed by atoms with Crippen LogP contribution in [0.2, 0.25) is 0 Å². The lowest BCUT2D eigenvalue weighted by molar-refractivity contribution is -0.137. The van der Waals surface area contributed by atoms with Gasteiger partial charge >= 0.3 is 5.97 Å². The van der Waals surface area contributed by atoms with Crippen LogP contribution in [0.5, 0.6) is 0 Å². The third-order valence-corrected chi connectivity index (χ3v) is 3.54.